The van der Waals surface area contributed by atoms with Crippen molar-refractivity contribution in [2.24, 2.45) is 0 Å². The third-order valence-electron chi connectivity index (χ3n) is 4.08. The largest absolute Gasteiger partial charge is 0.488 e. The highest BCUT2D eigenvalue weighted by Gasteiger charge is 2.25. The maximum absolute atomic E-state index is 5.99. The van der Waals surface area contributed by atoms with Gasteiger partial charge in [-0.3, -0.25) is 0 Å². The Morgan fingerprint density at radius 2 is 2.26 bits per heavy atom. The predicted octanol–water partition coefficient (Wildman–Crippen LogP) is 2.46. The molecule has 19 heavy (non-hydrogen) atoms. The zero-order valence-electron chi connectivity index (χ0n) is 11.8. The van der Waals surface area contributed by atoms with Crippen LogP contribution in [0.3, 0.4) is 0 Å². The SMILES string of the molecule is Cc1ccc2c(c1)CC(CNC1CCOC(C)C1)O2. The van der Waals surface area contributed by atoms with Crippen LogP contribution in [0.4, 0.5) is 0 Å². The number of rotatable bonds is 3. The molecule has 2 aliphatic heterocycles. The van der Waals surface area contributed by atoms with Crippen molar-refractivity contribution in [1.82, 2.24) is 5.32 Å². The molecule has 3 rings (SSSR count). The van der Waals surface area contributed by atoms with Gasteiger partial charge in [0.25, 0.3) is 0 Å². The normalized spacial score (nSPS) is 29.9. The number of nitrogens with one attached hydrogen (secondary N) is 1. The van der Waals surface area contributed by atoms with Gasteiger partial charge < -0.3 is 14.8 Å². The summed E-state index contributed by atoms with van der Waals surface area (Å²) in [7, 11) is 0. The van der Waals surface area contributed by atoms with Gasteiger partial charge in [0.15, 0.2) is 0 Å². The fourth-order valence-corrected chi connectivity index (χ4v) is 3.04. The van der Waals surface area contributed by atoms with Crippen molar-refractivity contribution in [2.45, 2.75) is 51.4 Å². The summed E-state index contributed by atoms with van der Waals surface area (Å²) in [5, 5.41) is 3.64. The Morgan fingerprint density at radius 3 is 3.11 bits per heavy atom. The molecule has 0 amide bonds. The van der Waals surface area contributed by atoms with Crippen LogP contribution >= 0.6 is 0 Å². The van der Waals surface area contributed by atoms with Gasteiger partial charge in [0.1, 0.15) is 11.9 Å². The third-order valence-corrected chi connectivity index (χ3v) is 4.08. The van der Waals surface area contributed by atoms with E-state index in [4.69, 9.17) is 9.47 Å². The van der Waals surface area contributed by atoms with E-state index in [1.165, 1.54) is 11.1 Å². The second kappa shape index (κ2) is 5.51. The lowest BCUT2D eigenvalue weighted by Crippen LogP contribution is -2.42. The maximum Gasteiger partial charge on any atom is 0.123 e. The molecule has 3 unspecified atom stereocenters. The summed E-state index contributed by atoms with van der Waals surface area (Å²) in [6.07, 6.45) is 3.93. The Morgan fingerprint density at radius 1 is 1.37 bits per heavy atom. The molecule has 3 atom stereocenters. The van der Waals surface area contributed by atoms with E-state index in [1.54, 1.807) is 0 Å². The molecule has 0 radical (unpaired) electrons. The molecule has 1 N–H and O–H groups in total. The molecule has 1 saturated heterocycles. The molecule has 1 aromatic carbocycles. The van der Waals surface area contributed by atoms with Gasteiger partial charge in [-0.25, -0.2) is 0 Å². The highest BCUT2D eigenvalue weighted by atomic mass is 16.5. The number of ether oxygens (including phenoxy) is 2. The minimum Gasteiger partial charge on any atom is -0.488 e. The Bertz CT molecular complexity index is 446. The first kappa shape index (κ1) is 12.9. The van der Waals surface area contributed by atoms with Gasteiger partial charge in [-0.2, -0.15) is 0 Å². The standard InChI is InChI=1S/C16H23NO2/c1-11-3-4-16-13(7-11)9-15(19-16)10-17-14-5-6-18-12(2)8-14/h3-4,7,12,14-15,17H,5-6,8-10H2,1-2H3. The van der Waals surface area contributed by atoms with Gasteiger partial charge in [0.2, 0.25) is 0 Å². The van der Waals surface area contributed by atoms with Gasteiger partial charge in [-0.05, 0) is 38.3 Å². The molecular formula is C16H23NO2. The van der Waals surface area contributed by atoms with Crippen molar-refractivity contribution in [3.63, 3.8) is 0 Å². The lowest BCUT2D eigenvalue weighted by atomic mass is 10.0. The molecule has 1 aromatic rings. The highest BCUT2D eigenvalue weighted by molar-refractivity contribution is 5.40. The van der Waals surface area contributed by atoms with E-state index in [2.05, 4.69) is 37.4 Å². The van der Waals surface area contributed by atoms with Crippen LogP contribution < -0.4 is 10.1 Å². The molecule has 3 heteroatoms. The summed E-state index contributed by atoms with van der Waals surface area (Å²) in [5.41, 5.74) is 2.67. The summed E-state index contributed by atoms with van der Waals surface area (Å²) in [6, 6.07) is 7.04. The number of aryl methyl sites for hydroxylation is 1. The summed E-state index contributed by atoms with van der Waals surface area (Å²) in [6.45, 7) is 6.10. The molecule has 1 fully saturated rings. The summed E-state index contributed by atoms with van der Waals surface area (Å²) in [5.74, 6) is 1.07. The predicted molar refractivity (Wildman–Crippen MR) is 75.7 cm³/mol. The lowest BCUT2D eigenvalue weighted by Gasteiger charge is -2.28. The van der Waals surface area contributed by atoms with Crippen LogP contribution in [0, 0.1) is 6.92 Å². The molecule has 3 nitrogen and oxygen atoms in total. The summed E-state index contributed by atoms with van der Waals surface area (Å²) in [4.78, 5) is 0. The average Bonchev–Trinajstić information content (AvgIpc) is 2.78. The zero-order valence-corrected chi connectivity index (χ0v) is 11.8. The number of fused-ring (bicyclic) bond motifs is 1. The first-order valence-electron chi connectivity index (χ1n) is 7.32. The quantitative estimate of drug-likeness (QED) is 0.906. The van der Waals surface area contributed by atoms with E-state index < -0.39 is 0 Å². The average molecular weight is 261 g/mol. The van der Waals surface area contributed by atoms with Crippen molar-refractivity contribution in [2.75, 3.05) is 13.2 Å². The highest BCUT2D eigenvalue weighted by Crippen LogP contribution is 2.29. The van der Waals surface area contributed by atoms with Crippen molar-refractivity contribution in [1.29, 1.82) is 0 Å². The lowest BCUT2D eigenvalue weighted by molar-refractivity contribution is 0.0119. The molecule has 104 valence electrons. The van der Waals surface area contributed by atoms with Gasteiger partial charge in [-0.15, -0.1) is 0 Å². The molecule has 0 saturated carbocycles. The zero-order chi connectivity index (χ0) is 13.2. The van der Waals surface area contributed by atoms with Crippen LogP contribution in [-0.2, 0) is 11.2 Å². The Hall–Kier alpha value is -1.06. The van der Waals surface area contributed by atoms with Crippen LogP contribution in [0.15, 0.2) is 18.2 Å². The van der Waals surface area contributed by atoms with Crippen LogP contribution in [0.1, 0.15) is 30.9 Å². The van der Waals surface area contributed by atoms with Crippen LogP contribution in [-0.4, -0.2) is 31.4 Å². The van der Waals surface area contributed by atoms with E-state index in [0.29, 0.717) is 12.1 Å². The Labute approximate surface area is 115 Å². The molecule has 0 aromatic heterocycles. The topological polar surface area (TPSA) is 30.5 Å². The third kappa shape index (κ3) is 3.10. The number of hydrogen-bond acceptors (Lipinski definition) is 3. The fourth-order valence-electron chi connectivity index (χ4n) is 3.04. The van der Waals surface area contributed by atoms with Crippen molar-refractivity contribution in [3.8, 4) is 5.75 Å². The van der Waals surface area contributed by atoms with E-state index in [-0.39, 0.29) is 6.10 Å². The Balaban J connectivity index is 1.50. The van der Waals surface area contributed by atoms with E-state index >= 15 is 0 Å². The van der Waals surface area contributed by atoms with Crippen molar-refractivity contribution >= 4 is 0 Å². The second-order valence-electron chi connectivity index (χ2n) is 5.87. The van der Waals surface area contributed by atoms with Crippen LogP contribution in [0.2, 0.25) is 0 Å². The minimum absolute atomic E-state index is 0.287. The maximum atomic E-state index is 5.99. The van der Waals surface area contributed by atoms with E-state index in [0.717, 1.165) is 38.2 Å². The van der Waals surface area contributed by atoms with E-state index in [1.807, 2.05) is 0 Å². The summed E-state index contributed by atoms with van der Waals surface area (Å²) < 4.78 is 11.6. The van der Waals surface area contributed by atoms with Gasteiger partial charge in [0, 0.05) is 25.6 Å². The van der Waals surface area contributed by atoms with Crippen molar-refractivity contribution in [3.05, 3.63) is 29.3 Å². The van der Waals surface area contributed by atoms with Crippen LogP contribution in [0.25, 0.3) is 0 Å². The second-order valence-corrected chi connectivity index (χ2v) is 5.87. The number of hydrogen-bond donors (Lipinski definition) is 1. The van der Waals surface area contributed by atoms with Gasteiger partial charge in [0.05, 0.1) is 6.10 Å². The molecule has 0 aliphatic carbocycles. The smallest absolute Gasteiger partial charge is 0.123 e. The summed E-state index contributed by atoms with van der Waals surface area (Å²) >= 11 is 0. The first-order valence-corrected chi connectivity index (χ1v) is 7.32. The van der Waals surface area contributed by atoms with E-state index in [9.17, 15) is 0 Å². The molecule has 2 heterocycles. The van der Waals surface area contributed by atoms with Gasteiger partial charge in [-0.1, -0.05) is 17.7 Å². The minimum atomic E-state index is 0.287. The molecule has 2 aliphatic rings. The monoisotopic (exact) mass is 261 g/mol. The van der Waals surface area contributed by atoms with Crippen molar-refractivity contribution < 1.29 is 9.47 Å². The molecule has 0 bridgehead atoms. The molecular weight excluding hydrogens is 238 g/mol. The van der Waals surface area contributed by atoms with Gasteiger partial charge >= 0.3 is 0 Å². The molecule has 0 spiro atoms. The first-order chi connectivity index (χ1) is 9.20. The number of benzene rings is 1. The Kier molecular flexibility index (Phi) is 3.76. The fraction of sp³-hybridized carbons (Fsp3) is 0.625. The van der Waals surface area contributed by atoms with Crippen LogP contribution in [0.5, 0.6) is 5.75 Å².